The van der Waals surface area contributed by atoms with E-state index < -0.39 is 11.3 Å². The molecule has 1 aliphatic carbocycles. The fourth-order valence-corrected chi connectivity index (χ4v) is 4.10. The van der Waals surface area contributed by atoms with Crippen molar-refractivity contribution < 1.29 is 18.3 Å². The van der Waals surface area contributed by atoms with Gasteiger partial charge < -0.3 is 14.3 Å². The SMILES string of the molecule is Cc1[nH]c(-c2cc(CNS(=O)[O-])ccc2Oc2ccccc2)c2c1C(=O)CCC2. The van der Waals surface area contributed by atoms with Crippen LogP contribution in [0.25, 0.3) is 11.3 Å². The van der Waals surface area contributed by atoms with Gasteiger partial charge in [-0.1, -0.05) is 24.3 Å². The molecule has 0 bridgehead atoms. The molecule has 0 saturated carbocycles. The summed E-state index contributed by atoms with van der Waals surface area (Å²) in [7, 11) is 0. The van der Waals surface area contributed by atoms with Gasteiger partial charge in [-0.25, -0.2) is 4.72 Å². The van der Waals surface area contributed by atoms with Crippen molar-refractivity contribution in [3.05, 3.63) is 70.9 Å². The minimum absolute atomic E-state index is 0.163. The van der Waals surface area contributed by atoms with E-state index in [1.807, 2.05) is 55.5 Å². The highest BCUT2D eigenvalue weighted by Crippen LogP contribution is 2.39. The van der Waals surface area contributed by atoms with Gasteiger partial charge in [0, 0.05) is 41.1 Å². The summed E-state index contributed by atoms with van der Waals surface area (Å²) >= 11 is -2.34. The monoisotopic (exact) mass is 409 g/mol. The van der Waals surface area contributed by atoms with Crippen molar-refractivity contribution in [3.8, 4) is 22.8 Å². The van der Waals surface area contributed by atoms with Gasteiger partial charge in [-0.05, 0) is 55.2 Å². The van der Waals surface area contributed by atoms with Crippen LogP contribution >= 0.6 is 0 Å². The summed E-state index contributed by atoms with van der Waals surface area (Å²) in [5.41, 5.74) is 5.11. The quantitative estimate of drug-likeness (QED) is 0.597. The summed E-state index contributed by atoms with van der Waals surface area (Å²) < 4.78 is 30.3. The molecule has 0 aliphatic heterocycles. The summed E-state index contributed by atoms with van der Waals surface area (Å²) in [4.78, 5) is 15.8. The predicted molar refractivity (Wildman–Crippen MR) is 111 cm³/mol. The number of ether oxygens (including phenoxy) is 1. The second kappa shape index (κ2) is 8.32. The van der Waals surface area contributed by atoms with E-state index in [1.54, 1.807) is 0 Å². The molecule has 3 aromatic rings. The molecule has 0 saturated heterocycles. The van der Waals surface area contributed by atoms with Crippen molar-refractivity contribution >= 4 is 17.0 Å². The van der Waals surface area contributed by atoms with Crippen LogP contribution in [0, 0.1) is 6.92 Å². The van der Waals surface area contributed by atoms with Crippen LogP contribution in [0.2, 0.25) is 0 Å². The van der Waals surface area contributed by atoms with Gasteiger partial charge in [0.05, 0.1) is 5.69 Å². The third-order valence-electron chi connectivity index (χ3n) is 5.08. The molecule has 1 unspecified atom stereocenters. The maximum Gasteiger partial charge on any atom is 0.164 e. The van der Waals surface area contributed by atoms with Crippen LogP contribution < -0.4 is 9.46 Å². The summed E-state index contributed by atoms with van der Waals surface area (Å²) in [6.07, 6.45) is 2.21. The third kappa shape index (κ3) is 4.17. The standard InChI is InChI=1S/C22H22N2O4S/c1-14-21-17(8-5-9-19(21)25)22(24-14)18-12-15(13-23-29(26)27)10-11-20(18)28-16-6-3-2-4-7-16/h2-4,6-7,10-12,23-24H,5,8-9,13H2,1H3,(H,26,27)/p-1. The lowest BCUT2D eigenvalue weighted by molar-refractivity contribution is 0.0972. The molecule has 150 valence electrons. The number of ketones is 1. The molecular weight excluding hydrogens is 388 g/mol. The van der Waals surface area contributed by atoms with Crippen molar-refractivity contribution in [3.63, 3.8) is 0 Å². The Morgan fingerprint density at radius 2 is 1.97 bits per heavy atom. The molecule has 4 rings (SSSR count). The minimum atomic E-state index is -2.34. The molecule has 0 spiro atoms. The van der Waals surface area contributed by atoms with E-state index in [2.05, 4.69) is 9.71 Å². The average molecular weight is 409 g/mol. The highest BCUT2D eigenvalue weighted by Gasteiger charge is 2.26. The van der Waals surface area contributed by atoms with Crippen molar-refractivity contribution in [2.75, 3.05) is 0 Å². The zero-order valence-corrected chi connectivity index (χ0v) is 16.8. The number of carbonyl (C=O) groups excluding carboxylic acids is 1. The Hall–Kier alpha value is -2.74. The van der Waals surface area contributed by atoms with Gasteiger partial charge >= 0.3 is 0 Å². The zero-order valence-electron chi connectivity index (χ0n) is 16.0. The fraction of sp³-hybridized carbons (Fsp3) is 0.227. The van der Waals surface area contributed by atoms with Crippen LogP contribution in [0.3, 0.4) is 0 Å². The number of rotatable bonds is 6. The van der Waals surface area contributed by atoms with Crippen LogP contribution in [0.5, 0.6) is 11.5 Å². The zero-order chi connectivity index (χ0) is 20.4. The van der Waals surface area contributed by atoms with Gasteiger partial charge in [-0.15, -0.1) is 0 Å². The molecule has 0 radical (unpaired) electrons. The van der Waals surface area contributed by atoms with E-state index in [9.17, 15) is 13.6 Å². The van der Waals surface area contributed by atoms with E-state index in [0.29, 0.717) is 17.9 Å². The van der Waals surface area contributed by atoms with E-state index in [1.165, 1.54) is 0 Å². The van der Waals surface area contributed by atoms with Gasteiger partial charge in [0.15, 0.2) is 5.78 Å². The first kappa shape index (κ1) is 19.6. The highest BCUT2D eigenvalue weighted by atomic mass is 32.2. The van der Waals surface area contributed by atoms with Crippen molar-refractivity contribution in [2.45, 2.75) is 32.7 Å². The van der Waals surface area contributed by atoms with Crippen LogP contribution in [0.4, 0.5) is 0 Å². The van der Waals surface area contributed by atoms with E-state index in [4.69, 9.17) is 4.74 Å². The number of hydrogen-bond donors (Lipinski definition) is 2. The average Bonchev–Trinajstić information content (AvgIpc) is 3.05. The van der Waals surface area contributed by atoms with Crippen LogP contribution in [0.1, 0.15) is 40.0 Å². The molecule has 29 heavy (non-hydrogen) atoms. The normalized spacial score (nSPS) is 14.5. The summed E-state index contributed by atoms with van der Waals surface area (Å²) in [6.45, 7) is 2.09. The maximum atomic E-state index is 12.4. The van der Waals surface area contributed by atoms with Crippen molar-refractivity contribution in [1.29, 1.82) is 0 Å². The number of benzene rings is 2. The molecule has 1 heterocycles. The molecule has 7 heteroatoms. The summed E-state index contributed by atoms with van der Waals surface area (Å²) in [5.74, 6) is 1.51. The largest absolute Gasteiger partial charge is 0.760 e. The van der Waals surface area contributed by atoms with Crippen LogP contribution in [-0.2, 0) is 24.2 Å². The lowest BCUT2D eigenvalue weighted by atomic mass is 9.89. The Morgan fingerprint density at radius 1 is 1.17 bits per heavy atom. The number of hydrogen-bond acceptors (Lipinski definition) is 4. The highest BCUT2D eigenvalue weighted by molar-refractivity contribution is 7.77. The van der Waals surface area contributed by atoms with Crippen LogP contribution in [-0.4, -0.2) is 19.5 Å². The number of aromatic amines is 1. The van der Waals surface area contributed by atoms with Crippen LogP contribution in [0.15, 0.2) is 48.5 Å². The van der Waals surface area contributed by atoms with Gasteiger partial charge in [-0.3, -0.25) is 9.00 Å². The number of H-pyrrole nitrogens is 1. The first-order valence-electron chi connectivity index (χ1n) is 9.46. The lowest BCUT2D eigenvalue weighted by Gasteiger charge is -2.16. The molecule has 2 aromatic carbocycles. The molecule has 0 amide bonds. The molecule has 6 nitrogen and oxygen atoms in total. The Morgan fingerprint density at radius 3 is 2.72 bits per heavy atom. The minimum Gasteiger partial charge on any atom is -0.760 e. The van der Waals surface area contributed by atoms with E-state index in [-0.39, 0.29) is 12.3 Å². The Labute approximate surface area is 171 Å². The first-order chi connectivity index (χ1) is 14.0. The number of Topliss-reactive ketones (excluding diaryl/α,β-unsaturated/α-hetero) is 1. The van der Waals surface area contributed by atoms with E-state index in [0.717, 1.165) is 46.5 Å². The first-order valence-corrected chi connectivity index (χ1v) is 10.5. The second-order valence-corrected chi connectivity index (χ2v) is 7.81. The molecule has 0 fully saturated rings. The second-order valence-electron chi connectivity index (χ2n) is 7.06. The number of aryl methyl sites for hydroxylation is 1. The van der Waals surface area contributed by atoms with Gasteiger partial charge in [-0.2, -0.15) is 0 Å². The molecular formula is C22H21N2O4S-. The number of para-hydroxylation sites is 1. The van der Waals surface area contributed by atoms with Gasteiger partial charge in [0.2, 0.25) is 0 Å². The molecule has 1 aromatic heterocycles. The summed E-state index contributed by atoms with van der Waals surface area (Å²) in [6, 6.07) is 15.0. The topological polar surface area (TPSA) is 94.2 Å². The third-order valence-corrected chi connectivity index (χ3v) is 5.46. The Balaban J connectivity index is 1.81. The van der Waals surface area contributed by atoms with E-state index >= 15 is 0 Å². The van der Waals surface area contributed by atoms with Crippen molar-refractivity contribution in [1.82, 2.24) is 9.71 Å². The number of nitrogens with one attached hydrogen (secondary N) is 2. The van der Waals surface area contributed by atoms with Gasteiger partial charge in [0.1, 0.15) is 11.5 Å². The molecule has 1 aliphatic rings. The number of aromatic nitrogens is 1. The van der Waals surface area contributed by atoms with Gasteiger partial charge in [0.25, 0.3) is 0 Å². The maximum absolute atomic E-state index is 12.4. The van der Waals surface area contributed by atoms with Crippen molar-refractivity contribution in [2.24, 2.45) is 0 Å². The smallest absolute Gasteiger partial charge is 0.164 e. The molecule has 1 atom stereocenters. The predicted octanol–water partition coefficient (Wildman–Crippen LogP) is 4.19. The lowest BCUT2D eigenvalue weighted by Crippen LogP contribution is -2.15. The fourth-order valence-electron chi connectivity index (χ4n) is 3.81. The Bertz CT molecular complexity index is 1080. The number of carbonyl (C=O) groups is 1. The number of fused-ring (bicyclic) bond motifs is 1. The Kier molecular flexibility index (Phi) is 5.62. The summed E-state index contributed by atoms with van der Waals surface area (Å²) in [5, 5.41) is 0. The molecule has 2 N–H and O–H groups in total.